The summed E-state index contributed by atoms with van der Waals surface area (Å²) in [7, 11) is 0. The molecule has 0 spiro atoms. The van der Waals surface area contributed by atoms with E-state index in [0.717, 1.165) is 17.1 Å². The second-order valence-electron chi connectivity index (χ2n) is 4.16. The summed E-state index contributed by atoms with van der Waals surface area (Å²) in [5, 5.41) is 4.11. The first-order chi connectivity index (χ1) is 8.69. The van der Waals surface area contributed by atoms with Gasteiger partial charge in [-0.3, -0.25) is 0 Å². The van der Waals surface area contributed by atoms with Gasteiger partial charge < -0.3 is 5.32 Å². The van der Waals surface area contributed by atoms with E-state index in [1.807, 2.05) is 24.3 Å². The Bertz CT molecular complexity index is 493. The molecular weight excluding hydrogens is 249 g/mol. The molecule has 1 atom stereocenters. The minimum absolute atomic E-state index is 0.202. The van der Waals surface area contributed by atoms with E-state index in [9.17, 15) is 4.39 Å². The smallest absolute Gasteiger partial charge is 0.123 e. The minimum Gasteiger partial charge on any atom is -0.378 e. The lowest BCUT2D eigenvalue weighted by molar-refractivity contribution is 0.627. The SMILES string of the molecule is CCC(Nc1ccc(F)cc1)c1ccc(Cl)cc1. The lowest BCUT2D eigenvalue weighted by Crippen LogP contribution is -2.09. The van der Waals surface area contributed by atoms with Crippen molar-refractivity contribution >= 4 is 17.3 Å². The van der Waals surface area contributed by atoms with Gasteiger partial charge in [0.15, 0.2) is 0 Å². The summed E-state index contributed by atoms with van der Waals surface area (Å²) >= 11 is 5.88. The summed E-state index contributed by atoms with van der Waals surface area (Å²) < 4.78 is 12.8. The molecule has 0 saturated heterocycles. The zero-order valence-corrected chi connectivity index (χ0v) is 10.9. The fourth-order valence-electron chi connectivity index (χ4n) is 1.86. The van der Waals surface area contributed by atoms with Gasteiger partial charge in [0, 0.05) is 10.7 Å². The molecule has 94 valence electrons. The summed E-state index contributed by atoms with van der Waals surface area (Å²) in [4.78, 5) is 0. The molecule has 1 nitrogen and oxygen atoms in total. The standard InChI is InChI=1S/C15H15ClFN/c1-2-15(11-3-5-12(16)6-4-11)18-14-9-7-13(17)8-10-14/h3-10,15,18H,2H2,1H3. The molecular formula is C15H15ClFN. The number of hydrogen-bond donors (Lipinski definition) is 1. The van der Waals surface area contributed by atoms with Gasteiger partial charge in [0.1, 0.15) is 5.82 Å². The highest BCUT2D eigenvalue weighted by Gasteiger charge is 2.08. The summed E-state index contributed by atoms with van der Waals surface area (Å²) in [5.74, 6) is -0.222. The van der Waals surface area contributed by atoms with Crippen molar-refractivity contribution in [2.75, 3.05) is 5.32 Å². The maximum absolute atomic E-state index is 12.8. The Hall–Kier alpha value is -1.54. The lowest BCUT2D eigenvalue weighted by Gasteiger charge is -2.18. The van der Waals surface area contributed by atoms with Crippen LogP contribution in [0, 0.1) is 5.82 Å². The van der Waals surface area contributed by atoms with Crippen molar-refractivity contribution in [2.45, 2.75) is 19.4 Å². The Morgan fingerprint density at radius 3 is 2.22 bits per heavy atom. The minimum atomic E-state index is -0.222. The van der Waals surface area contributed by atoms with Crippen LogP contribution in [-0.4, -0.2) is 0 Å². The van der Waals surface area contributed by atoms with E-state index in [2.05, 4.69) is 12.2 Å². The van der Waals surface area contributed by atoms with Crippen molar-refractivity contribution in [1.29, 1.82) is 0 Å². The number of halogens is 2. The van der Waals surface area contributed by atoms with Gasteiger partial charge in [0.25, 0.3) is 0 Å². The molecule has 0 saturated carbocycles. The Labute approximate surface area is 112 Å². The van der Waals surface area contributed by atoms with Gasteiger partial charge in [0.2, 0.25) is 0 Å². The average molecular weight is 264 g/mol. The van der Waals surface area contributed by atoms with Crippen molar-refractivity contribution in [1.82, 2.24) is 0 Å². The monoisotopic (exact) mass is 263 g/mol. The highest BCUT2D eigenvalue weighted by molar-refractivity contribution is 6.30. The number of hydrogen-bond acceptors (Lipinski definition) is 1. The Morgan fingerprint density at radius 2 is 1.67 bits per heavy atom. The van der Waals surface area contributed by atoms with Crippen LogP contribution in [0.1, 0.15) is 24.9 Å². The van der Waals surface area contributed by atoms with Crippen molar-refractivity contribution in [3.05, 3.63) is 64.9 Å². The van der Waals surface area contributed by atoms with Crippen LogP contribution in [0.4, 0.5) is 10.1 Å². The zero-order valence-electron chi connectivity index (χ0n) is 10.2. The molecule has 3 heteroatoms. The zero-order chi connectivity index (χ0) is 13.0. The quantitative estimate of drug-likeness (QED) is 0.815. The van der Waals surface area contributed by atoms with Crippen LogP contribution in [0.5, 0.6) is 0 Å². The third-order valence-corrected chi connectivity index (χ3v) is 3.12. The van der Waals surface area contributed by atoms with E-state index in [1.165, 1.54) is 17.7 Å². The van der Waals surface area contributed by atoms with Gasteiger partial charge >= 0.3 is 0 Å². The van der Waals surface area contributed by atoms with Crippen LogP contribution < -0.4 is 5.32 Å². The van der Waals surface area contributed by atoms with Crippen LogP contribution in [0.2, 0.25) is 5.02 Å². The Balaban J connectivity index is 2.14. The van der Waals surface area contributed by atoms with E-state index < -0.39 is 0 Å². The predicted octanol–water partition coefficient (Wildman–Crippen LogP) is 5.04. The lowest BCUT2D eigenvalue weighted by atomic mass is 10.0. The van der Waals surface area contributed by atoms with E-state index in [1.54, 1.807) is 12.1 Å². The van der Waals surface area contributed by atoms with Crippen LogP contribution in [-0.2, 0) is 0 Å². The molecule has 0 radical (unpaired) electrons. The second kappa shape index (κ2) is 5.87. The fraction of sp³-hybridized carbons (Fsp3) is 0.200. The maximum Gasteiger partial charge on any atom is 0.123 e. The summed E-state index contributed by atoms with van der Waals surface area (Å²) in [6.07, 6.45) is 0.943. The first-order valence-electron chi connectivity index (χ1n) is 5.96. The van der Waals surface area contributed by atoms with Crippen molar-refractivity contribution in [2.24, 2.45) is 0 Å². The molecule has 0 aliphatic rings. The first-order valence-corrected chi connectivity index (χ1v) is 6.34. The summed E-state index contributed by atoms with van der Waals surface area (Å²) in [6, 6.07) is 14.4. The van der Waals surface area contributed by atoms with E-state index >= 15 is 0 Å². The van der Waals surface area contributed by atoms with E-state index in [4.69, 9.17) is 11.6 Å². The van der Waals surface area contributed by atoms with E-state index in [-0.39, 0.29) is 11.9 Å². The molecule has 18 heavy (non-hydrogen) atoms. The normalized spacial score (nSPS) is 12.2. The van der Waals surface area contributed by atoms with Gasteiger partial charge in [-0.1, -0.05) is 30.7 Å². The topological polar surface area (TPSA) is 12.0 Å². The molecule has 2 rings (SSSR count). The predicted molar refractivity (Wildman–Crippen MR) is 74.5 cm³/mol. The van der Waals surface area contributed by atoms with Crippen LogP contribution in [0.15, 0.2) is 48.5 Å². The van der Waals surface area contributed by atoms with Gasteiger partial charge in [-0.25, -0.2) is 4.39 Å². The molecule has 0 aliphatic heterocycles. The third-order valence-electron chi connectivity index (χ3n) is 2.87. The van der Waals surface area contributed by atoms with Crippen molar-refractivity contribution < 1.29 is 4.39 Å². The van der Waals surface area contributed by atoms with Crippen molar-refractivity contribution in [3.63, 3.8) is 0 Å². The van der Waals surface area contributed by atoms with Crippen LogP contribution in [0.25, 0.3) is 0 Å². The van der Waals surface area contributed by atoms with Crippen molar-refractivity contribution in [3.8, 4) is 0 Å². The molecule has 2 aromatic carbocycles. The van der Waals surface area contributed by atoms with Crippen LogP contribution in [0.3, 0.4) is 0 Å². The molecule has 1 unspecified atom stereocenters. The van der Waals surface area contributed by atoms with Crippen LogP contribution >= 0.6 is 11.6 Å². The van der Waals surface area contributed by atoms with Gasteiger partial charge in [0.05, 0.1) is 6.04 Å². The third kappa shape index (κ3) is 3.23. The Morgan fingerprint density at radius 1 is 1.06 bits per heavy atom. The summed E-state index contributed by atoms with van der Waals surface area (Å²) in [5.41, 5.74) is 2.09. The Kier molecular flexibility index (Phi) is 4.21. The molecule has 2 aromatic rings. The molecule has 0 aliphatic carbocycles. The number of anilines is 1. The molecule has 0 bridgehead atoms. The highest BCUT2D eigenvalue weighted by Crippen LogP contribution is 2.23. The highest BCUT2D eigenvalue weighted by atomic mass is 35.5. The fourth-order valence-corrected chi connectivity index (χ4v) is 1.99. The number of rotatable bonds is 4. The molecule has 0 amide bonds. The van der Waals surface area contributed by atoms with E-state index in [0.29, 0.717) is 0 Å². The second-order valence-corrected chi connectivity index (χ2v) is 4.60. The largest absolute Gasteiger partial charge is 0.378 e. The first kappa shape index (κ1) is 12.9. The number of benzene rings is 2. The molecule has 0 fully saturated rings. The molecule has 1 N–H and O–H groups in total. The average Bonchev–Trinajstić information content (AvgIpc) is 2.39. The molecule has 0 heterocycles. The molecule has 0 aromatic heterocycles. The summed E-state index contributed by atoms with van der Waals surface area (Å²) in [6.45, 7) is 2.11. The van der Waals surface area contributed by atoms with Gasteiger partial charge in [-0.2, -0.15) is 0 Å². The number of nitrogens with one attached hydrogen (secondary N) is 1. The van der Waals surface area contributed by atoms with Gasteiger partial charge in [-0.15, -0.1) is 0 Å². The maximum atomic E-state index is 12.8. The van der Waals surface area contributed by atoms with Gasteiger partial charge in [-0.05, 0) is 48.4 Å².